The Morgan fingerprint density at radius 3 is 2.66 bits per heavy atom. The minimum atomic E-state index is -0.425. The lowest BCUT2D eigenvalue weighted by atomic mass is 9.74. The standard InChI is InChI=1S/C22H28N4O3/c1-12-4-7-16(24-22(29)25-20(27)14-5-6-14)10-17(12)18-9-15-11-23-13(2)8-19(15)26(3)21(18)28/h8-9,11-12,14,16-17H,4-7,10H2,1-3H3,(H2,24,25,27,29). The van der Waals surface area contributed by atoms with Gasteiger partial charge in [0.15, 0.2) is 0 Å². The fourth-order valence-corrected chi connectivity index (χ4v) is 4.42. The van der Waals surface area contributed by atoms with Gasteiger partial charge < -0.3 is 9.88 Å². The van der Waals surface area contributed by atoms with Crippen molar-refractivity contribution in [1.82, 2.24) is 20.2 Å². The molecule has 3 atom stereocenters. The van der Waals surface area contributed by atoms with Gasteiger partial charge in [-0.05, 0) is 63.0 Å². The van der Waals surface area contributed by atoms with Crippen LogP contribution in [0.1, 0.15) is 56.2 Å². The molecule has 2 saturated carbocycles. The zero-order valence-corrected chi connectivity index (χ0v) is 17.2. The molecule has 2 aliphatic carbocycles. The highest BCUT2D eigenvalue weighted by Crippen LogP contribution is 2.37. The number of carbonyl (C=O) groups excluding carboxylic acids is 2. The van der Waals surface area contributed by atoms with Crippen LogP contribution in [0.4, 0.5) is 4.79 Å². The molecule has 0 spiro atoms. The van der Waals surface area contributed by atoms with Gasteiger partial charge in [0.1, 0.15) is 0 Å². The summed E-state index contributed by atoms with van der Waals surface area (Å²) in [6.45, 7) is 4.07. The predicted octanol–water partition coefficient (Wildman–Crippen LogP) is 2.75. The van der Waals surface area contributed by atoms with Crippen LogP contribution in [0.3, 0.4) is 0 Å². The number of aryl methyl sites for hydroxylation is 2. The Hall–Kier alpha value is -2.70. The summed E-state index contributed by atoms with van der Waals surface area (Å²) in [5, 5.41) is 6.33. The van der Waals surface area contributed by atoms with Gasteiger partial charge >= 0.3 is 6.03 Å². The van der Waals surface area contributed by atoms with Gasteiger partial charge in [-0.2, -0.15) is 0 Å². The van der Waals surface area contributed by atoms with Gasteiger partial charge in [-0.25, -0.2) is 4.79 Å². The first-order chi connectivity index (χ1) is 13.8. The summed E-state index contributed by atoms with van der Waals surface area (Å²) in [6.07, 6.45) is 5.99. The van der Waals surface area contributed by atoms with E-state index < -0.39 is 6.03 Å². The van der Waals surface area contributed by atoms with Gasteiger partial charge in [0, 0.05) is 41.8 Å². The quantitative estimate of drug-likeness (QED) is 0.834. The maximum absolute atomic E-state index is 13.1. The first kappa shape index (κ1) is 19.6. The largest absolute Gasteiger partial charge is 0.335 e. The van der Waals surface area contributed by atoms with Crippen molar-refractivity contribution in [2.45, 2.75) is 57.9 Å². The number of amides is 3. The summed E-state index contributed by atoms with van der Waals surface area (Å²) in [5.74, 6) is 0.206. The number of carbonyl (C=O) groups is 2. The molecular weight excluding hydrogens is 368 g/mol. The van der Waals surface area contributed by atoms with E-state index in [-0.39, 0.29) is 29.3 Å². The van der Waals surface area contributed by atoms with E-state index >= 15 is 0 Å². The van der Waals surface area contributed by atoms with Crippen LogP contribution in [-0.2, 0) is 11.8 Å². The molecule has 0 radical (unpaired) electrons. The lowest BCUT2D eigenvalue weighted by Gasteiger charge is -2.34. The highest BCUT2D eigenvalue weighted by molar-refractivity contribution is 5.96. The van der Waals surface area contributed by atoms with Crippen LogP contribution in [0.15, 0.2) is 23.1 Å². The Morgan fingerprint density at radius 1 is 1.17 bits per heavy atom. The van der Waals surface area contributed by atoms with Gasteiger partial charge in [0.2, 0.25) is 5.91 Å². The summed E-state index contributed by atoms with van der Waals surface area (Å²) in [6, 6.07) is 3.41. The van der Waals surface area contributed by atoms with Crippen molar-refractivity contribution >= 4 is 22.8 Å². The Kier molecular flexibility index (Phi) is 5.15. The van der Waals surface area contributed by atoms with Gasteiger partial charge in [-0.3, -0.25) is 19.9 Å². The number of aromatic nitrogens is 2. The maximum Gasteiger partial charge on any atom is 0.321 e. The highest BCUT2D eigenvalue weighted by Gasteiger charge is 2.34. The van der Waals surface area contributed by atoms with E-state index in [2.05, 4.69) is 22.5 Å². The molecule has 3 unspecified atom stereocenters. The molecule has 0 bridgehead atoms. The number of urea groups is 1. The third-order valence-corrected chi connectivity index (χ3v) is 6.39. The maximum atomic E-state index is 13.1. The minimum absolute atomic E-state index is 0.00209. The lowest BCUT2D eigenvalue weighted by molar-refractivity contribution is -0.121. The minimum Gasteiger partial charge on any atom is -0.335 e. The molecule has 29 heavy (non-hydrogen) atoms. The summed E-state index contributed by atoms with van der Waals surface area (Å²) in [4.78, 5) is 41.5. The van der Waals surface area contributed by atoms with E-state index in [0.717, 1.165) is 47.8 Å². The average molecular weight is 396 g/mol. The zero-order chi connectivity index (χ0) is 20.7. The lowest BCUT2D eigenvalue weighted by Crippen LogP contribution is -2.47. The molecule has 2 fully saturated rings. The molecule has 4 rings (SSSR count). The van der Waals surface area contributed by atoms with E-state index in [4.69, 9.17) is 0 Å². The molecule has 2 N–H and O–H groups in total. The average Bonchev–Trinajstić information content (AvgIpc) is 3.52. The highest BCUT2D eigenvalue weighted by atomic mass is 16.2. The number of pyridine rings is 2. The fourth-order valence-electron chi connectivity index (χ4n) is 4.42. The molecule has 3 amide bonds. The molecule has 7 heteroatoms. The molecule has 154 valence electrons. The van der Waals surface area contributed by atoms with Crippen molar-refractivity contribution in [1.29, 1.82) is 0 Å². The van der Waals surface area contributed by atoms with E-state index in [9.17, 15) is 14.4 Å². The number of nitrogens with one attached hydrogen (secondary N) is 2. The van der Waals surface area contributed by atoms with Crippen LogP contribution >= 0.6 is 0 Å². The summed E-state index contributed by atoms with van der Waals surface area (Å²) in [5.41, 5.74) is 2.54. The summed E-state index contributed by atoms with van der Waals surface area (Å²) < 4.78 is 1.70. The number of imide groups is 1. The Morgan fingerprint density at radius 2 is 1.93 bits per heavy atom. The number of hydrogen-bond acceptors (Lipinski definition) is 4. The Balaban J connectivity index is 1.54. The zero-order valence-electron chi connectivity index (χ0n) is 17.2. The van der Waals surface area contributed by atoms with Crippen molar-refractivity contribution in [2.24, 2.45) is 18.9 Å². The smallest absolute Gasteiger partial charge is 0.321 e. The van der Waals surface area contributed by atoms with Crippen molar-refractivity contribution in [2.75, 3.05) is 0 Å². The summed E-state index contributed by atoms with van der Waals surface area (Å²) in [7, 11) is 1.80. The second-order valence-corrected chi connectivity index (χ2v) is 8.68. The van der Waals surface area contributed by atoms with E-state index in [1.54, 1.807) is 11.6 Å². The van der Waals surface area contributed by atoms with Crippen molar-refractivity contribution in [3.63, 3.8) is 0 Å². The van der Waals surface area contributed by atoms with Gasteiger partial charge in [-0.15, -0.1) is 0 Å². The number of nitrogens with zero attached hydrogens (tertiary/aromatic N) is 2. The van der Waals surface area contributed by atoms with E-state index in [1.807, 2.05) is 25.3 Å². The van der Waals surface area contributed by atoms with Gasteiger partial charge in [0.05, 0.1) is 5.52 Å². The van der Waals surface area contributed by atoms with Crippen LogP contribution in [-0.4, -0.2) is 27.5 Å². The van der Waals surface area contributed by atoms with Crippen LogP contribution in [0, 0.1) is 18.8 Å². The van der Waals surface area contributed by atoms with E-state index in [1.165, 1.54) is 0 Å². The Labute approximate surface area is 169 Å². The molecule has 2 aromatic heterocycles. The topological polar surface area (TPSA) is 93.1 Å². The third kappa shape index (κ3) is 4.04. The first-order valence-electron chi connectivity index (χ1n) is 10.4. The molecule has 0 aliphatic heterocycles. The van der Waals surface area contributed by atoms with Crippen molar-refractivity contribution in [3.05, 3.63) is 39.9 Å². The van der Waals surface area contributed by atoms with Crippen LogP contribution < -0.4 is 16.2 Å². The fraction of sp³-hybridized carbons (Fsp3) is 0.545. The molecule has 2 aliphatic rings. The predicted molar refractivity (Wildman–Crippen MR) is 111 cm³/mol. The second-order valence-electron chi connectivity index (χ2n) is 8.68. The Bertz CT molecular complexity index is 1020. The summed E-state index contributed by atoms with van der Waals surface area (Å²) >= 11 is 0. The van der Waals surface area contributed by atoms with Crippen molar-refractivity contribution in [3.8, 4) is 0 Å². The SMILES string of the molecule is Cc1cc2c(cn1)cc(C1CC(NC(=O)NC(=O)C3CC3)CCC1C)c(=O)n2C. The number of rotatable bonds is 3. The molecule has 2 aromatic rings. The molecule has 0 aromatic carbocycles. The van der Waals surface area contributed by atoms with Crippen LogP contribution in [0.2, 0.25) is 0 Å². The van der Waals surface area contributed by atoms with Crippen LogP contribution in [0.5, 0.6) is 0 Å². The van der Waals surface area contributed by atoms with Gasteiger partial charge in [-0.1, -0.05) is 6.92 Å². The molecule has 2 heterocycles. The first-order valence-corrected chi connectivity index (χ1v) is 10.4. The molecule has 0 saturated heterocycles. The van der Waals surface area contributed by atoms with Crippen LogP contribution in [0.25, 0.3) is 10.9 Å². The van der Waals surface area contributed by atoms with Crippen molar-refractivity contribution < 1.29 is 9.59 Å². The van der Waals surface area contributed by atoms with Gasteiger partial charge in [0.25, 0.3) is 5.56 Å². The second kappa shape index (κ2) is 7.61. The monoisotopic (exact) mass is 396 g/mol. The molecule has 7 nitrogen and oxygen atoms in total. The molecular formula is C22H28N4O3. The number of hydrogen-bond donors (Lipinski definition) is 2. The number of fused-ring (bicyclic) bond motifs is 1. The normalized spacial score (nSPS) is 24.3. The van der Waals surface area contributed by atoms with E-state index in [0.29, 0.717) is 12.3 Å². The third-order valence-electron chi connectivity index (χ3n) is 6.39.